The molecule has 0 radical (unpaired) electrons. The highest BCUT2D eigenvalue weighted by Crippen LogP contribution is 2.14. The molecule has 0 aliphatic rings. The van der Waals surface area contributed by atoms with E-state index in [9.17, 15) is 24.5 Å². The highest BCUT2D eigenvalue weighted by atomic mass is 16.9. The topological polar surface area (TPSA) is 165 Å². The van der Waals surface area contributed by atoms with Crippen LogP contribution in [0.25, 0.3) is 0 Å². The second kappa shape index (κ2) is 9.70. The molecular formula is C14H16N2O9. The van der Waals surface area contributed by atoms with E-state index in [0.29, 0.717) is 12.8 Å². The van der Waals surface area contributed by atoms with Gasteiger partial charge in [-0.25, -0.2) is 9.59 Å². The van der Waals surface area contributed by atoms with E-state index >= 15 is 0 Å². The molecule has 0 aromatic heterocycles. The van der Waals surface area contributed by atoms with Crippen LogP contribution in [0.3, 0.4) is 0 Å². The number of carboxylic acid groups (broad SMARTS) is 2. The van der Waals surface area contributed by atoms with Gasteiger partial charge in [0.05, 0.1) is 13.0 Å². The molecule has 11 heteroatoms. The number of benzene rings is 1. The number of amides is 1. The molecule has 3 N–H and O–H groups in total. The molecule has 0 heterocycles. The van der Waals surface area contributed by atoms with Gasteiger partial charge in [0.2, 0.25) is 0 Å². The van der Waals surface area contributed by atoms with Crippen molar-refractivity contribution in [1.29, 1.82) is 0 Å². The lowest BCUT2D eigenvalue weighted by Crippen LogP contribution is -2.43. The molecule has 0 aliphatic heterocycles. The fourth-order valence-corrected chi connectivity index (χ4v) is 1.79. The molecule has 25 heavy (non-hydrogen) atoms. The van der Waals surface area contributed by atoms with Gasteiger partial charge >= 0.3 is 18.0 Å². The van der Waals surface area contributed by atoms with E-state index in [1.165, 1.54) is 12.1 Å². The Bertz CT molecular complexity index is 630. The Labute approximate surface area is 141 Å². The number of aryl methyl sites for hydroxylation is 1. The zero-order valence-electron chi connectivity index (χ0n) is 12.9. The van der Waals surface area contributed by atoms with Gasteiger partial charge < -0.3 is 25.1 Å². The molecular weight excluding hydrogens is 340 g/mol. The first-order valence-electron chi connectivity index (χ1n) is 7.07. The van der Waals surface area contributed by atoms with Gasteiger partial charge in [-0.3, -0.25) is 4.79 Å². The SMILES string of the molecule is O=C(O)CC(NC(=O)Oc1ccc(CCCO[N+](=O)[O-])cc1)C(=O)O. The molecule has 1 unspecified atom stereocenters. The predicted molar refractivity (Wildman–Crippen MR) is 80.5 cm³/mol. The molecule has 0 bridgehead atoms. The maximum Gasteiger partial charge on any atom is 0.413 e. The van der Waals surface area contributed by atoms with Gasteiger partial charge in [0.25, 0.3) is 5.09 Å². The Kier molecular flexibility index (Phi) is 7.63. The minimum absolute atomic E-state index is 0.0339. The van der Waals surface area contributed by atoms with Crippen molar-refractivity contribution in [3.63, 3.8) is 0 Å². The standard InChI is InChI=1S/C14H16N2O9/c17-12(18)8-11(13(19)20)15-14(21)25-10-5-3-9(4-6-10)2-1-7-24-16(22)23/h3-6,11H,1-2,7-8H2,(H,15,21)(H,17,18)(H,19,20). The van der Waals surface area contributed by atoms with Gasteiger partial charge in [0.15, 0.2) is 0 Å². The minimum atomic E-state index is -1.61. The monoisotopic (exact) mass is 356 g/mol. The number of aliphatic carboxylic acids is 2. The van der Waals surface area contributed by atoms with Crippen molar-refractivity contribution in [2.45, 2.75) is 25.3 Å². The lowest BCUT2D eigenvalue weighted by molar-refractivity contribution is -0.757. The summed E-state index contributed by atoms with van der Waals surface area (Å²) >= 11 is 0. The van der Waals surface area contributed by atoms with Gasteiger partial charge in [0, 0.05) is 0 Å². The average Bonchev–Trinajstić information content (AvgIpc) is 2.51. The predicted octanol–water partition coefficient (Wildman–Crippen LogP) is 0.844. The molecule has 1 aromatic carbocycles. The van der Waals surface area contributed by atoms with Crippen molar-refractivity contribution in [2.75, 3.05) is 6.61 Å². The Morgan fingerprint density at radius 2 is 1.84 bits per heavy atom. The van der Waals surface area contributed by atoms with Crippen molar-refractivity contribution in [1.82, 2.24) is 5.32 Å². The van der Waals surface area contributed by atoms with E-state index in [0.717, 1.165) is 5.56 Å². The summed E-state index contributed by atoms with van der Waals surface area (Å²) in [5.41, 5.74) is 0.828. The largest absolute Gasteiger partial charge is 0.481 e. The lowest BCUT2D eigenvalue weighted by Gasteiger charge is -2.12. The van der Waals surface area contributed by atoms with Gasteiger partial charge in [-0.05, 0) is 30.5 Å². The molecule has 0 spiro atoms. The molecule has 1 rings (SSSR count). The Balaban J connectivity index is 2.48. The number of ether oxygens (including phenoxy) is 1. The number of nitrogens with zero attached hydrogens (tertiary/aromatic N) is 1. The van der Waals surface area contributed by atoms with Crippen LogP contribution in [0.2, 0.25) is 0 Å². The van der Waals surface area contributed by atoms with Crippen LogP contribution in [0.4, 0.5) is 4.79 Å². The van der Waals surface area contributed by atoms with Crippen LogP contribution in [0.1, 0.15) is 18.4 Å². The van der Waals surface area contributed by atoms with Crippen molar-refractivity contribution in [2.24, 2.45) is 0 Å². The van der Waals surface area contributed by atoms with Crippen LogP contribution in [-0.4, -0.2) is 46.0 Å². The first kappa shape index (κ1) is 19.7. The number of carbonyl (C=O) groups is 3. The second-order valence-corrected chi connectivity index (χ2v) is 4.83. The summed E-state index contributed by atoms with van der Waals surface area (Å²) in [5.74, 6) is -2.74. The maximum absolute atomic E-state index is 11.6. The molecule has 0 saturated carbocycles. The number of rotatable bonds is 10. The van der Waals surface area contributed by atoms with Crippen LogP contribution >= 0.6 is 0 Å². The Morgan fingerprint density at radius 1 is 1.20 bits per heavy atom. The van der Waals surface area contributed by atoms with E-state index in [4.69, 9.17) is 14.9 Å². The van der Waals surface area contributed by atoms with E-state index in [1.54, 1.807) is 12.1 Å². The fourth-order valence-electron chi connectivity index (χ4n) is 1.79. The molecule has 1 atom stereocenters. The number of hydrogen-bond acceptors (Lipinski definition) is 7. The zero-order chi connectivity index (χ0) is 18.8. The Hall–Kier alpha value is -3.37. The highest BCUT2D eigenvalue weighted by molar-refractivity contribution is 5.85. The van der Waals surface area contributed by atoms with Crippen LogP contribution < -0.4 is 10.1 Å². The minimum Gasteiger partial charge on any atom is -0.481 e. The third kappa shape index (κ3) is 8.16. The summed E-state index contributed by atoms with van der Waals surface area (Å²) in [6.45, 7) is -0.0339. The van der Waals surface area contributed by atoms with Gasteiger partial charge in [0.1, 0.15) is 11.8 Å². The summed E-state index contributed by atoms with van der Waals surface area (Å²) < 4.78 is 4.87. The molecule has 0 saturated heterocycles. The van der Waals surface area contributed by atoms with Crippen LogP contribution in [0, 0.1) is 10.1 Å². The average molecular weight is 356 g/mol. The number of carboxylic acids is 2. The molecule has 11 nitrogen and oxygen atoms in total. The smallest absolute Gasteiger partial charge is 0.413 e. The fraction of sp³-hybridized carbons (Fsp3) is 0.357. The quantitative estimate of drug-likeness (QED) is 0.313. The summed E-state index contributed by atoms with van der Waals surface area (Å²) in [6.07, 6.45) is -0.937. The highest BCUT2D eigenvalue weighted by Gasteiger charge is 2.23. The van der Waals surface area contributed by atoms with Crippen LogP contribution in [0.5, 0.6) is 5.75 Å². The van der Waals surface area contributed by atoms with Crippen LogP contribution in [-0.2, 0) is 20.8 Å². The molecule has 1 aromatic rings. The first-order chi connectivity index (χ1) is 11.8. The van der Waals surface area contributed by atoms with Gasteiger partial charge in [-0.2, -0.15) is 0 Å². The summed E-state index contributed by atoms with van der Waals surface area (Å²) in [7, 11) is 0. The van der Waals surface area contributed by atoms with E-state index in [2.05, 4.69) is 4.84 Å². The van der Waals surface area contributed by atoms with Crippen molar-refractivity contribution in [3.8, 4) is 5.75 Å². The molecule has 1 amide bonds. The molecule has 0 fully saturated rings. The third-order valence-corrected chi connectivity index (χ3v) is 2.91. The van der Waals surface area contributed by atoms with Crippen molar-refractivity contribution in [3.05, 3.63) is 39.9 Å². The number of nitrogens with one attached hydrogen (secondary N) is 1. The number of hydrogen-bond donors (Lipinski definition) is 3. The Morgan fingerprint density at radius 3 is 2.36 bits per heavy atom. The van der Waals surface area contributed by atoms with Crippen molar-refractivity contribution < 1.29 is 39.3 Å². The van der Waals surface area contributed by atoms with E-state index in [1.807, 2.05) is 5.32 Å². The van der Waals surface area contributed by atoms with E-state index < -0.39 is 35.6 Å². The normalized spacial score (nSPS) is 11.2. The van der Waals surface area contributed by atoms with Gasteiger partial charge in [-0.15, -0.1) is 10.1 Å². The van der Waals surface area contributed by atoms with E-state index in [-0.39, 0.29) is 12.4 Å². The van der Waals surface area contributed by atoms with Gasteiger partial charge in [-0.1, -0.05) is 12.1 Å². The third-order valence-electron chi connectivity index (χ3n) is 2.91. The molecule has 136 valence electrons. The van der Waals surface area contributed by atoms with Crippen molar-refractivity contribution >= 4 is 18.0 Å². The van der Waals surface area contributed by atoms with Crippen LogP contribution in [0.15, 0.2) is 24.3 Å². The second-order valence-electron chi connectivity index (χ2n) is 4.83. The first-order valence-corrected chi connectivity index (χ1v) is 7.07. The molecule has 0 aliphatic carbocycles. The maximum atomic E-state index is 11.6. The summed E-state index contributed by atoms with van der Waals surface area (Å²) in [4.78, 5) is 47.2. The summed E-state index contributed by atoms with van der Waals surface area (Å²) in [5, 5.41) is 28.5. The zero-order valence-corrected chi connectivity index (χ0v) is 12.9. The number of carbonyl (C=O) groups excluding carboxylic acids is 1. The lowest BCUT2D eigenvalue weighted by atomic mass is 10.1. The summed E-state index contributed by atoms with van der Waals surface area (Å²) in [6, 6.07) is 4.55.